The smallest absolute Gasteiger partial charge is 0.261 e. The van der Waals surface area contributed by atoms with E-state index >= 15 is 0 Å². The zero-order valence-electron chi connectivity index (χ0n) is 15.9. The van der Waals surface area contributed by atoms with Crippen LogP contribution in [0.15, 0.2) is 59.4 Å². The number of aliphatic hydroxyl groups excluding tert-OH is 1. The van der Waals surface area contributed by atoms with Gasteiger partial charge in [-0.2, -0.15) is 10.4 Å². The Morgan fingerprint density at radius 3 is 2.72 bits per heavy atom. The van der Waals surface area contributed by atoms with Gasteiger partial charge in [0.1, 0.15) is 24.1 Å². The molecule has 0 bridgehead atoms. The third-order valence-corrected chi connectivity index (χ3v) is 4.74. The highest BCUT2D eigenvalue weighted by Crippen LogP contribution is 2.16. The van der Waals surface area contributed by atoms with Gasteiger partial charge in [-0.3, -0.25) is 9.36 Å². The Morgan fingerprint density at radius 2 is 1.97 bits per heavy atom. The molecule has 0 saturated carbocycles. The van der Waals surface area contributed by atoms with Crippen molar-refractivity contribution in [3.63, 3.8) is 0 Å². The van der Waals surface area contributed by atoms with Crippen LogP contribution in [-0.4, -0.2) is 32.0 Å². The maximum atomic E-state index is 13.0. The number of benzene rings is 2. The van der Waals surface area contributed by atoms with Gasteiger partial charge in [-0.05, 0) is 36.8 Å². The van der Waals surface area contributed by atoms with Gasteiger partial charge in [-0.1, -0.05) is 24.3 Å². The summed E-state index contributed by atoms with van der Waals surface area (Å²) in [5, 5.41) is 24.3. The topological polar surface area (TPSA) is 92.5 Å². The Labute approximate surface area is 167 Å². The van der Waals surface area contributed by atoms with Crippen molar-refractivity contribution >= 4 is 16.6 Å². The summed E-state index contributed by atoms with van der Waals surface area (Å²) in [4.78, 5) is 13.0. The predicted octanol–water partition coefficient (Wildman–Crippen LogP) is 2.46. The molecule has 0 aliphatic heterocycles. The van der Waals surface area contributed by atoms with E-state index in [9.17, 15) is 9.90 Å². The van der Waals surface area contributed by atoms with Crippen molar-refractivity contribution in [3.05, 3.63) is 76.2 Å². The van der Waals surface area contributed by atoms with E-state index in [1.165, 1.54) is 4.57 Å². The number of nitrogens with zero attached hydrogens (tertiary/aromatic N) is 4. The number of aliphatic hydroxyl groups is 1. The fourth-order valence-electron chi connectivity index (χ4n) is 3.37. The fraction of sp³-hybridized carbons (Fsp3) is 0.227. The number of fused-ring (bicyclic) bond motifs is 3. The molecule has 1 atom stereocenters. The van der Waals surface area contributed by atoms with Crippen LogP contribution in [0.5, 0.6) is 5.75 Å². The minimum Gasteiger partial charge on any atom is -0.491 e. The van der Waals surface area contributed by atoms with Crippen molar-refractivity contribution in [1.29, 1.82) is 5.26 Å². The lowest BCUT2D eigenvalue weighted by Gasteiger charge is -2.16. The molecule has 7 nitrogen and oxygen atoms in total. The molecule has 7 heteroatoms. The molecule has 2 heterocycles. The molecule has 4 aromatic rings. The van der Waals surface area contributed by atoms with Crippen LogP contribution >= 0.6 is 0 Å². The van der Waals surface area contributed by atoms with Crippen LogP contribution < -0.4 is 10.3 Å². The summed E-state index contributed by atoms with van der Waals surface area (Å²) in [5.74, 6) is 0.599. The van der Waals surface area contributed by atoms with Crippen LogP contribution in [0.4, 0.5) is 0 Å². The molecule has 0 fully saturated rings. The number of para-hydroxylation sites is 1. The molecule has 0 radical (unpaired) electrons. The Morgan fingerprint density at radius 1 is 1.21 bits per heavy atom. The molecule has 0 aliphatic rings. The standard InChI is InChI=1S/C22H20N4O3/c1-15-12-21-25(22(28)19-4-2-3-5-20(19)26(21)24-15)13-17(27)14-29-18-8-6-16(7-9-18)10-11-23/h2-9,12,17,27H,10,13-14H2,1H3. The number of rotatable bonds is 6. The zero-order valence-corrected chi connectivity index (χ0v) is 15.9. The van der Waals surface area contributed by atoms with Crippen LogP contribution in [0.3, 0.4) is 0 Å². The second-order valence-electron chi connectivity index (χ2n) is 6.93. The molecule has 146 valence electrons. The molecule has 2 aromatic heterocycles. The van der Waals surface area contributed by atoms with Gasteiger partial charge < -0.3 is 9.84 Å². The van der Waals surface area contributed by atoms with Gasteiger partial charge in [0.2, 0.25) is 0 Å². The van der Waals surface area contributed by atoms with Crippen molar-refractivity contribution in [2.24, 2.45) is 0 Å². The Bertz CT molecular complexity index is 1270. The molecule has 0 spiro atoms. The first-order valence-corrected chi connectivity index (χ1v) is 9.31. The van der Waals surface area contributed by atoms with E-state index in [0.29, 0.717) is 23.2 Å². The van der Waals surface area contributed by atoms with Gasteiger partial charge in [0.15, 0.2) is 0 Å². The molecular formula is C22H20N4O3. The van der Waals surface area contributed by atoms with E-state index in [1.54, 1.807) is 22.7 Å². The Balaban J connectivity index is 1.57. The molecule has 0 amide bonds. The zero-order chi connectivity index (χ0) is 20.4. The van der Waals surface area contributed by atoms with E-state index in [2.05, 4.69) is 11.2 Å². The first kappa shape index (κ1) is 18.7. The minimum atomic E-state index is -0.883. The van der Waals surface area contributed by atoms with Gasteiger partial charge in [0.25, 0.3) is 5.56 Å². The lowest BCUT2D eigenvalue weighted by Crippen LogP contribution is -2.31. The summed E-state index contributed by atoms with van der Waals surface area (Å²) >= 11 is 0. The van der Waals surface area contributed by atoms with E-state index < -0.39 is 6.10 Å². The van der Waals surface area contributed by atoms with Gasteiger partial charge in [-0.25, -0.2) is 4.52 Å². The SMILES string of the molecule is Cc1cc2n(CC(O)COc3ccc(CC#N)cc3)c(=O)c3ccccc3n2n1. The van der Waals surface area contributed by atoms with Crippen molar-refractivity contribution < 1.29 is 9.84 Å². The summed E-state index contributed by atoms with van der Waals surface area (Å²) in [5.41, 5.74) is 2.89. The Hall–Kier alpha value is -3.63. The van der Waals surface area contributed by atoms with E-state index in [4.69, 9.17) is 10.00 Å². The molecule has 1 N–H and O–H groups in total. The van der Waals surface area contributed by atoms with Crippen LogP contribution in [0.2, 0.25) is 0 Å². The maximum absolute atomic E-state index is 13.0. The first-order chi connectivity index (χ1) is 14.1. The molecule has 1 unspecified atom stereocenters. The molecule has 29 heavy (non-hydrogen) atoms. The average molecular weight is 388 g/mol. The van der Waals surface area contributed by atoms with Gasteiger partial charge in [-0.15, -0.1) is 0 Å². The van der Waals surface area contributed by atoms with Crippen molar-refractivity contribution in [3.8, 4) is 11.8 Å². The summed E-state index contributed by atoms with van der Waals surface area (Å²) < 4.78 is 8.91. The number of aromatic nitrogens is 3. The molecule has 0 aliphatic carbocycles. The molecule has 4 rings (SSSR count). The Kier molecular flexibility index (Phi) is 5.02. The number of aryl methyl sites for hydroxylation is 1. The van der Waals surface area contributed by atoms with Crippen LogP contribution in [0, 0.1) is 18.3 Å². The third kappa shape index (κ3) is 3.71. The highest BCUT2D eigenvalue weighted by Gasteiger charge is 2.16. The highest BCUT2D eigenvalue weighted by molar-refractivity contribution is 5.80. The van der Waals surface area contributed by atoms with Crippen LogP contribution in [0.1, 0.15) is 11.3 Å². The van der Waals surface area contributed by atoms with Crippen molar-refractivity contribution in [1.82, 2.24) is 14.2 Å². The number of hydrogen-bond donors (Lipinski definition) is 1. The predicted molar refractivity (Wildman–Crippen MR) is 109 cm³/mol. The second-order valence-corrected chi connectivity index (χ2v) is 6.93. The maximum Gasteiger partial charge on any atom is 0.261 e. The van der Waals surface area contributed by atoms with Gasteiger partial charge in [0, 0.05) is 6.07 Å². The van der Waals surface area contributed by atoms with Crippen LogP contribution in [0.25, 0.3) is 16.6 Å². The van der Waals surface area contributed by atoms with E-state index in [1.807, 2.05) is 43.3 Å². The number of ether oxygens (including phenoxy) is 1. The van der Waals surface area contributed by atoms with Crippen LogP contribution in [-0.2, 0) is 13.0 Å². The lowest BCUT2D eigenvalue weighted by atomic mass is 10.2. The number of hydrogen-bond acceptors (Lipinski definition) is 5. The molecule has 0 saturated heterocycles. The van der Waals surface area contributed by atoms with E-state index in [0.717, 1.165) is 16.8 Å². The third-order valence-electron chi connectivity index (χ3n) is 4.74. The summed E-state index contributed by atoms with van der Waals surface area (Å²) in [6, 6.07) is 18.4. The average Bonchev–Trinajstić information content (AvgIpc) is 3.12. The highest BCUT2D eigenvalue weighted by atomic mass is 16.5. The first-order valence-electron chi connectivity index (χ1n) is 9.31. The largest absolute Gasteiger partial charge is 0.491 e. The molecular weight excluding hydrogens is 368 g/mol. The van der Waals surface area contributed by atoms with Crippen molar-refractivity contribution in [2.45, 2.75) is 26.0 Å². The monoisotopic (exact) mass is 388 g/mol. The second kappa shape index (κ2) is 7.78. The normalized spacial score (nSPS) is 12.2. The molecule has 2 aromatic carbocycles. The minimum absolute atomic E-state index is 0.0378. The summed E-state index contributed by atoms with van der Waals surface area (Å²) in [6.07, 6.45) is -0.541. The quantitative estimate of drug-likeness (QED) is 0.548. The summed E-state index contributed by atoms with van der Waals surface area (Å²) in [6.45, 7) is 1.99. The van der Waals surface area contributed by atoms with Crippen molar-refractivity contribution in [2.75, 3.05) is 6.61 Å². The fourth-order valence-corrected chi connectivity index (χ4v) is 3.37. The lowest BCUT2D eigenvalue weighted by molar-refractivity contribution is 0.0925. The van der Waals surface area contributed by atoms with E-state index in [-0.39, 0.29) is 18.7 Å². The van der Waals surface area contributed by atoms with Gasteiger partial charge in [0.05, 0.1) is 35.6 Å². The summed E-state index contributed by atoms with van der Waals surface area (Å²) in [7, 11) is 0. The van der Waals surface area contributed by atoms with Gasteiger partial charge >= 0.3 is 0 Å². The number of nitriles is 1.